The maximum Gasteiger partial charge on any atom is 0.306 e. The van der Waals surface area contributed by atoms with Crippen molar-refractivity contribution in [3.05, 3.63) is 22.8 Å². The standard InChI is InChI=1S/C30H40O7/c1-15(10-17(31)11-16(2)26(36)37)18-12-23(35)30(7)25-19(32)13-21-27(3,4)22(34)8-9-28(21,5)24(25)20(33)14-29(18,30)6/h10,16,18,21,23,35H,8-9,11-14H2,1-7H3,(H,36,37)/b15-10+/t16-,18+,21-,23-,28-,29+,30-/m0/s1. The number of aliphatic carboxylic acids is 1. The normalized spacial score (nSPS) is 40.2. The predicted molar refractivity (Wildman–Crippen MR) is 136 cm³/mol. The van der Waals surface area contributed by atoms with Gasteiger partial charge in [0.15, 0.2) is 17.3 Å². The van der Waals surface area contributed by atoms with Crippen LogP contribution in [0.1, 0.15) is 87.0 Å². The molecule has 0 aromatic heterocycles. The molecule has 202 valence electrons. The number of hydrogen-bond donors (Lipinski definition) is 2. The summed E-state index contributed by atoms with van der Waals surface area (Å²) in [5.74, 6) is -2.88. The molecule has 2 fully saturated rings. The van der Waals surface area contributed by atoms with Gasteiger partial charge in [0, 0.05) is 53.1 Å². The second-order valence-corrected chi connectivity index (χ2v) is 13.3. The Labute approximate surface area is 218 Å². The van der Waals surface area contributed by atoms with E-state index < -0.39 is 39.7 Å². The van der Waals surface area contributed by atoms with Crippen LogP contribution in [0.25, 0.3) is 0 Å². The van der Waals surface area contributed by atoms with Crippen molar-refractivity contribution in [2.75, 3.05) is 0 Å². The molecule has 0 amide bonds. The van der Waals surface area contributed by atoms with Gasteiger partial charge in [0.2, 0.25) is 0 Å². The van der Waals surface area contributed by atoms with Crippen LogP contribution in [0, 0.1) is 39.4 Å². The zero-order valence-corrected chi connectivity index (χ0v) is 23.1. The molecule has 4 aliphatic rings. The van der Waals surface area contributed by atoms with Crippen molar-refractivity contribution in [1.29, 1.82) is 0 Å². The third-order valence-electron chi connectivity index (χ3n) is 11.0. The van der Waals surface area contributed by atoms with Crippen molar-refractivity contribution in [2.45, 2.75) is 93.1 Å². The number of fused-ring (bicyclic) bond motifs is 4. The number of aliphatic hydroxyl groups excluding tert-OH is 1. The van der Waals surface area contributed by atoms with Gasteiger partial charge < -0.3 is 10.2 Å². The number of Topliss-reactive ketones (excluding diaryl/α,β-unsaturated/α-hetero) is 3. The Kier molecular flexibility index (Phi) is 6.38. The highest BCUT2D eigenvalue weighted by atomic mass is 16.4. The molecule has 7 atom stereocenters. The Morgan fingerprint density at radius 2 is 1.68 bits per heavy atom. The first-order valence-electron chi connectivity index (χ1n) is 13.4. The maximum absolute atomic E-state index is 14.0. The van der Waals surface area contributed by atoms with Gasteiger partial charge in [0.05, 0.1) is 12.0 Å². The van der Waals surface area contributed by atoms with Crippen LogP contribution in [0.5, 0.6) is 0 Å². The smallest absolute Gasteiger partial charge is 0.306 e. The SMILES string of the molecule is C/C(=C\C(=O)C[C@H](C)C(=O)O)[C@H]1C[C@H](O)[C@@]2(C)C3=C(C(=O)C[C@]12C)[C@@]1(C)CCC(=O)C(C)(C)[C@@H]1CC3=O. The van der Waals surface area contributed by atoms with Gasteiger partial charge in [-0.2, -0.15) is 0 Å². The first kappa shape index (κ1) is 27.6. The van der Waals surface area contributed by atoms with Crippen LogP contribution in [0.2, 0.25) is 0 Å². The van der Waals surface area contributed by atoms with Crippen LogP contribution in [-0.4, -0.2) is 45.4 Å². The van der Waals surface area contributed by atoms with E-state index >= 15 is 0 Å². The highest BCUT2D eigenvalue weighted by molar-refractivity contribution is 6.12. The number of allylic oxidation sites excluding steroid dienone is 3. The van der Waals surface area contributed by atoms with Gasteiger partial charge in [-0.15, -0.1) is 0 Å². The fraction of sp³-hybridized carbons (Fsp3) is 0.700. The third-order valence-corrected chi connectivity index (χ3v) is 11.0. The molecule has 0 bridgehead atoms. The first-order valence-corrected chi connectivity index (χ1v) is 13.4. The van der Waals surface area contributed by atoms with Crippen LogP contribution in [0.15, 0.2) is 22.8 Å². The molecule has 0 aromatic carbocycles. The monoisotopic (exact) mass is 512 g/mol. The van der Waals surface area contributed by atoms with Crippen LogP contribution in [-0.2, 0) is 24.0 Å². The zero-order chi connectivity index (χ0) is 27.9. The summed E-state index contributed by atoms with van der Waals surface area (Å²) in [6, 6.07) is 0. The number of carbonyl (C=O) groups is 5. The summed E-state index contributed by atoms with van der Waals surface area (Å²) < 4.78 is 0. The van der Waals surface area contributed by atoms with Gasteiger partial charge in [-0.3, -0.25) is 24.0 Å². The predicted octanol–water partition coefficient (Wildman–Crippen LogP) is 4.26. The molecular formula is C30H40O7. The molecule has 2 N–H and O–H groups in total. The van der Waals surface area contributed by atoms with E-state index in [2.05, 4.69) is 0 Å². The topological polar surface area (TPSA) is 126 Å². The minimum Gasteiger partial charge on any atom is -0.481 e. The highest BCUT2D eigenvalue weighted by Crippen LogP contribution is 2.70. The van der Waals surface area contributed by atoms with Gasteiger partial charge in [0.1, 0.15) is 5.78 Å². The molecular weight excluding hydrogens is 472 g/mol. The van der Waals surface area contributed by atoms with Crippen molar-refractivity contribution in [2.24, 2.45) is 39.4 Å². The first-order chi connectivity index (χ1) is 16.9. The Balaban J connectivity index is 1.81. The van der Waals surface area contributed by atoms with Crippen LogP contribution in [0.3, 0.4) is 0 Å². The molecule has 0 heterocycles. The van der Waals surface area contributed by atoms with Crippen LogP contribution < -0.4 is 0 Å². The fourth-order valence-corrected chi connectivity index (χ4v) is 8.49. The van der Waals surface area contributed by atoms with Crippen molar-refractivity contribution in [1.82, 2.24) is 0 Å². The van der Waals surface area contributed by atoms with E-state index in [0.717, 1.165) is 0 Å². The Bertz CT molecular complexity index is 1170. The summed E-state index contributed by atoms with van der Waals surface area (Å²) in [5.41, 5.74) is -1.46. The van der Waals surface area contributed by atoms with Crippen molar-refractivity contribution in [3.8, 4) is 0 Å². The average Bonchev–Trinajstić information content (AvgIpc) is 2.99. The minimum atomic E-state index is -1.04. The quantitative estimate of drug-likeness (QED) is 0.527. The molecule has 4 rings (SSSR count). The number of ketones is 4. The second-order valence-electron chi connectivity index (χ2n) is 13.3. The Morgan fingerprint density at radius 3 is 2.27 bits per heavy atom. The molecule has 0 aliphatic heterocycles. The molecule has 0 saturated heterocycles. The summed E-state index contributed by atoms with van der Waals surface area (Å²) in [6.45, 7) is 12.9. The number of carboxylic acid groups (broad SMARTS) is 1. The van der Waals surface area contributed by atoms with Crippen molar-refractivity contribution < 1.29 is 34.2 Å². The lowest BCUT2D eigenvalue weighted by Crippen LogP contribution is -2.59. The van der Waals surface area contributed by atoms with Gasteiger partial charge in [-0.1, -0.05) is 47.1 Å². The summed E-state index contributed by atoms with van der Waals surface area (Å²) in [4.78, 5) is 64.5. The Hall–Kier alpha value is -2.41. The van der Waals surface area contributed by atoms with E-state index in [0.29, 0.717) is 36.0 Å². The van der Waals surface area contributed by atoms with E-state index in [9.17, 15) is 29.1 Å². The van der Waals surface area contributed by atoms with Gasteiger partial charge in [-0.25, -0.2) is 0 Å². The molecule has 7 nitrogen and oxygen atoms in total. The summed E-state index contributed by atoms with van der Waals surface area (Å²) in [5, 5.41) is 20.7. The lowest BCUT2D eigenvalue weighted by molar-refractivity contribution is -0.146. The molecule has 4 aliphatic carbocycles. The second kappa shape index (κ2) is 8.55. The van der Waals surface area contributed by atoms with E-state index in [1.807, 2.05) is 34.6 Å². The number of rotatable bonds is 5. The van der Waals surface area contributed by atoms with E-state index in [4.69, 9.17) is 5.11 Å². The number of carboxylic acids is 1. The van der Waals surface area contributed by atoms with E-state index in [1.54, 1.807) is 6.92 Å². The number of hydrogen-bond acceptors (Lipinski definition) is 6. The van der Waals surface area contributed by atoms with Crippen LogP contribution in [0.4, 0.5) is 0 Å². The minimum absolute atomic E-state index is 0.0987. The fourth-order valence-electron chi connectivity index (χ4n) is 8.49. The number of aliphatic hydroxyl groups is 1. The molecule has 7 heteroatoms. The lowest BCUT2D eigenvalue weighted by Gasteiger charge is -2.59. The molecule has 0 aromatic rings. The van der Waals surface area contributed by atoms with Crippen molar-refractivity contribution in [3.63, 3.8) is 0 Å². The lowest BCUT2D eigenvalue weighted by atomic mass is 9.43. The largest absolute Gasteiger partial charge is 0.481 e. The molecule has 0 radical (unpaired) electrons. The van der Waals surface area contributed by atoms with Gasteiger partial charge in [0.25, 0.3) is 0 Å². The zero-order valence-electron chi connectivity index (χ0n) is 23.1. The number of carbonyl (C=O) groups excluding carboxylic acids is 4. The molecule has 0 unspecified atom stereocenters. The van der Waals surface area contributed by atoms with Crippen LogP contribution >= 0.6 is 0 Å². The van der Waals surface area contributed by atoms with Crippen molar-refractivity contribution >= 4 is 29.1 Å². The maximum atomic E-state index is 14.0. The van der Waals surface area contributed by atoms with Gasteiger partial charge >= 0.3 is 5.97 Å². The van der Waals surface area contributed by atoms with Gasteiger partial charge in [-0.05, 0) is 43.1 Å². The Morgan fingerprint density at radius 1 is 1.05 bits per heavy atom. The van der Waals surface area contributed by atoms with E-state index in [1.165, 1.54) is 13.0 Å². The third kappa shape index (κ3) is 3.67. The summed E-state index contributed by atoms with van der Waals surface area (Å²) in [6.07, 6.45) is 1.92. The molecule has 37 heavy (non-hydrogen) atoms. The summed E-state index contributed by atoms with van der Waals surface area (Å²) >= 11 is 0. The summed E-state index contributed by atoms with van der Waals surface area (Å²) in [7, 11) is 0. The average molecular weight is 513 g/mol. The van der Waals surface area contributed by atoms with E-state index in [-0.39, 0.29) is 54.2 Å². The molecule has 0 spiro atoms. The highest BCUT2D eigenvalue weighted by Gasteiger charge is 2.69. The molecule has 2 saturated carbocycles.